The zero-order valence-corrected chi connectivity index (χ0v) is 11.5. The molecule has 0 aromatic carbocycles. The van der Waals surface area contributed by atoms with Gasteiger partial charge in [0, 0.05) is 19.1 Å². The van der Waals surface area contributed by atoms with Gasteiger partial charge in [0.15, 0.2) is 0 Å². The molecule has 0 aliphatic carbocycles. The molecule has 0 saturated carbocycles. The van der Waals surface area contributed by atoms with E-state index in [-0.39, 0.29) is 42.1 Å². The van der Waals surface area contributed by atoms with Crippen molar-refractivity contribution < 1.29 is 9.59 Å². The molecule has 104 valence electrons. The van der Waals surface area contributed by atoms with Gasteiger partial charge in [-0.1, -0.05) is 0 Å². The van der Waals surface area contributed by atoms with Crippen molar-refractivity contribution in [3.8, 4) is 0 Å². The third-order valence-electron chi connectivity index (χ3n) is 3.98. The third-order valence-corrected chi connectivity index (χ3v) is 3.98. The van der Waals surface area contributed by atoms with Crippen LogP contribution in [0, 0.1) is 11.8 Å². The summed E-state index contributed by atoms with van der Waals surface area (Å²) >= 11 is 0. The van der Waals surface area contributed by atoms with Gasteiger partial charge in [0.1, 0.15) is 0 Å². The molecule has 2 saturated heterocycles. The number of primary amides is 1. The molecule has 2 heterocycles. The molecule has 0 aromatic heterocycles. The Bertz CT molecular complexity index is 318. The first-order chi connectivity index (χ1) is 8.09. The summed E-state index contributed by atoms with van der Waals surface area (Å²) in [5.41, 5.74) is 5.34. The van der Waals surface area contributed by atoms with Crippen molar-refractivity contribution in [2.24, 2.45) is 17.6 Å². The molecule has 3 N–H and O–H groups in total. The lowest BCUT2D eigenvalue weighted by Crippen LogP contribution is -2.50. The van der Waals surface area contributed by atoms with E-state index < -0.39 is 0 Å². The molecule has 2 aliphatic rings. The minimum Gasteiger partial charge on any atom is -0.369 e. The Labute approximate surface area is 114 Å². The Morgan fingerprint density at radius 3 is 2.50 bits per heavy atom. The normalized spacial score (nSPS) is 31.8. The summed E-state index contributed by atoms with van der Waals surface area (Å²) in [4.78, 5) is 25.4. The molecule has 3 unspecified atom stereocenters. The molecular formula is C12H22ClN3O2. The lowest BCUT2D eigenvalue weighted by atomic mass is 9.91. The molecule has 0 spiro atoms. The number of hydrogen-bond acceptors (Lipinski definition) is 3. The summed E-state index contributed by atoms with van der Waals surface area (Å²) in [5, 5.41) is 3.20. The van der Waals surface area contributed by atoms with Gasteiger partial charge in [-0.3, -0.25) is 9.59 Å². The largest absolute Gasteiger partial charge is 0.369 e. The Morgan fingerprint density at radius 2 is 1.94 bits per heavy atom. The number of rotatable bonds is 2. The molecule has 2 rings (SSSR count). The van der Waals surface area contributed by atoms with Crippen molar-refractivity contribution in [2.45, 2.75) is 32.2 Å². The van der Waals surface area contributed by atoms with Crippen LogP contribution >= 0.6 is 12.4 Å². The summed E-state index contributed by atoms with van der Waals surface area (Å²) in [6.45, 7) is 4.24. The van der Waals surface area contributed by atoms with Crippen LogP contribution in [0.3, 0.4) is 0 Å². The smallest absolute Gasteiger partial charge is 0.227 e. The fourth-order valence-electron chi connectivity index (χ4n) is 2.75. The highest BCUT2D eigenvalue weighted by Crippen LogP contribution is 2.24. The molecule has 2 amide bonds. The van der Waals surface area contributed by atoms with Crippen molar-refractivity contribution >= 4 is 24.2 Å². The molecule has 0 bridgehead atoms. The van der Waals surface area contributed by atoms with E-state index in [1.54, 1.807) is 0 Å². The highest BCUT2D eigenvalue weighted by atomic mass is 35.5. The number of halogens is 1. The number of nitrogens with one attached hydrogen (secondary N) is 1. The van der Waals surface area contributed by atoms with Crippen LogP contribution in [-0.4, -0.2) is 42.4 Å². The molecule has 2 fully saturated rings. The quantitative estimate of drug-likeness (QED) is 0.752. The summed E-state index contributed by atoms with van der Waals surface area (Å²) in [5.74, 6) is -0.165. The van der Waals surface area contributed by atoms with Gasteiger partial charge in [-0.15, -0.1) is 12.4 Å². The zero-order valence-electron chi connectivity index (χ0n) is 10.7. The minimum absolute atomic E-state index is 0. The van der Waals surface area contributed by atoms with E-state index in [4.69, 9.17) is 5.73 Å². The van der Waals surface area contributed by atoms with Crippen molar-refractivity contribution in [1.29, 1.82) is 0 Å². The summed E-state index contributed by atoms with van der Waals surface area (Å²) in [6.07, 6.45) is 2.59. The zero-order chi connectivity index (χ0) is 12.4. The topological polar surface area (TPSA) is 75.4 Å². The number of likely N-dealkylation sites (tertiary alicyclic amines) is 1. The SMILES string of the molecule is CC1CCC(C(N)=O)CN1C(=O)C1CCNC1.Cl. The summed E-state index contributed by atoms with van der Waals surface area (Å²) < 4.78 is 0. The van der Waals surface area contributed by atoms with Crippen molar-refractivity contribution in [2.75, 3.05) is 19.6 Å². The molecule has 2 aliphatic heterocycles. The Kier molecular flexibility index (Phi) is 5.41. The minimum atomic E-state index is -0.278. The number of amides is 2. The standard InChI is InChI=1S/C12H21N3O2.ClH/c1-8-2-3-10(11(13)16)7-15(8)12(17)9-4-5-14-6-9;/h8-10,14H,2-7H2,1H3,(H2,13,16);1H. The first-order valence-corrected chi connectivity index (χ1v) is 6.40. The van der Waals surface area contributed by atoms with Crippen LogP contribution in [0.15, 0.2) is 0 Å². The van der Waals surface area contributed by atoms with Gasteiger partial charge in [0.2, 0.25) is 11.8 Å². The second kappa shape index (κ2) is 6.38. The predicted octanol–water partition coefficient (Wildman–Crippen LogP) is 0.130. The fraction of sp³-hybridized carbons (Fsp3) is 0.833. The van der Waals surface area contributed by atoms with Crippen LogP contribution in [0.1, 0.15) is 26.2 Å². The molecule has 6 heteroatoms. The predicted molar refractivity (Wildman–Crippen MR) is 71.3 cm³/mol. The number of piperidine rings is 1. The average Bonchev–Trinajstić information content (AvgIpc) is 2.81. The first-order valence-electron chi connectivity index (χ1n) is 6.40. The van der Waals surface area contributed by atoms with Gasteiger partial charge in [-0.25, -0.2) is 0 Å². The van der Waals surface area contributed by atoms with E-state index in [2.05, 4.69) is 12.2 Å². The van der Waals surface area contributed by atoms with Crippen LogP contribution < -0.4 is 11.1 Å². The molecule has 18 heavy (non-hydrogen) atoms. The van der Waals surface area contributed by atoms with E-state index in [1.807, 2.05) is 4.90 Å². The van der Waals surface area contributed by atoms with Crippen LogP contribution in [0.2, 0.25) is 0 Å². The average molecular weight is 276 g/mol. The number of carbonyl (C=O) groups excluding carboxylic acids is 2. The molecule has 0 aromatic rings. The van der Waals surface area contributed by atoms with E-state index >= 15 is 0 Å². The van der Waals surface area contributed by atoms with Crippen molar-refractivity contribution in [3.05, 3.63) is 0 Å². The van der Waals surface area contributed by atoms with Gasteiger partial charge in [-0.05, 0) is 32.7 Å². The van der Waals surface area contributed by atoms with Gasteiger partial charge >= 0.3 is 0 Å². The number of hydrogen-bond donors (Lipinski definition) is 2. The number of nitrogens with two attached hydrogens (primary N) is 1. The van der Waals surface area contributed by atoms with Crippen molar-refractivity contribution in [1.82, 2.24) is 10.2 Å². The molecule has 0 radical (unpaired) electrons. The number of nitrogens with zero attached hydrogens (tertiary/aromatic N) is 1. The van der Waals surface area contributed by atoms with Gasteiger partial charge in [0.05, 0.1) is 11.8 Å². The lowest BCUT2D eigenvalue weighted by molar-refractivity contribution is -0.141. The monoisotopic (exact) mass is 275 g/mol. The highest BCUT2D eigenvalue weighted by Gasteiger charge is 2.35. The van der Waals surface area contributed by atoms with Crippen LogP contribution in [-0.2, 0) is 9.59 Å². The maximum Gasteiger partial charge on any atom is 0.227 e. The number of carbonyl (C=O) groups is 2. The Hall–Kier alpha value is -0.810. The molecule has 5 nitrogen and oxygen atoms in total. The third kappa shape index (κ3) is 3.14. The molecular weight excluding hydrogens is 254 g/mol. The fourth-order valence-corrected chi connectivity index (χ4v) is 2.75. The summed E-state index contributed by atoms with van der Waals surface area (Å²) in [7, 11) is 0. The first kappa shape index (κ1) is 15.2. The Morgan fingerprint density at radius 1 is 1.22 bits per heavy atom. The van der Waals surface area contributed by atoms with E-state index in [0.717, 1.165) is 32.4 Å². The molecule has 3 atom stereocenters. The maximum atomic E-state index is 12.3. The van der Waals surface area contributed by atoms with Gasteiger partial charge in [-0.2, -0.15) is 0 Å². The Balaban J connectivity index is 0.00000162. The van der Waals surface area contributed by atoms with Crippen LogP contribution in [0.25, 0.3) is 0 Å². The summed E-state index contributed by atoms with van der Waals surface area (Å²) in [6, 6.07) is 0.235. The van der Waals surface area contributed by atoms with Crippen molar-refractivity contribution in [3.63, 3.8) is 0 Å². The van der Waals surface area contributed by atoms with Gasteiger partial charge < -0.3 is 16.0 Å². The van der Waals surface area contributed by atoms with E-state index in [0.29, 0.717) is 6.54 Å². The second-order valence-electron chi connectivity index (χ2n) is 5.21. The second-order valence-corrected chi connectivity index (χ2v) is 5.21. The highest BCUT2D eigenvalue weighted by molar-refractivity contribution is 5.85. The van der Waals surface area contributed by atoms with E-state index in [1.165, 1.54) is 0 Å². The maximum absolute atomic E-state index is 12.3. The van der Waals surface area contributed by atoms with E-state index in [9.17, 15) is 9.59 Å². The van der Waals surface area contributed by atoms with Crippen LogP contribution in [0.5, 0.6) is 0 Å². The lowest BCUT2D eigenvalue weighted by Gasteiger charge is -2.38. The van der Waals surface area contributed by atoms with Gasteiger partial charge in [0.25, 0.3) is 0 Å². The van der Waals surface area contributed by atoms with Crippen LogP contribution in [0.4, 0.5) is 0 Å².